The van der Waals surface area contributed by atoms with Crippen LogP contribution in [0.2, 0.25) is 10.0 Å². The molecule has 0 aliphatic carbocycles. The van der Waals surface area contributed by atoms with Crippen molar-refractivity contribution < 1.29 is 4.42 Å². The van der Waals surface area contributed by atoms with Crippen LogP contribution in [0.4, 0.5) is 0 Å². The highest BCUT2D eigenvalue weighted by molar-refractivity contribution is 6.35. The molecule has 1 heterocycles. The molecule has 96 valence electrons. The highest BCUT2D eigenvalue weighted by Crippen LogP contribution is 2.21. The number of aromatic nitrogens is 2. The van der Waals surface area contributed by atoms with Gasteiger partial charge >= 0.3 is 0 Å². The van der Waals surface area contributed by atoms with Crippen LogP contribution in [0.25, 0.3) is 0 Å². The van der Waals surface area contributed by atoms with E-state index in [0.717, 1.165) is 18.5 Å². The molecule has 0 saturated heterocycles. The van der Waals surface area contributed by atoms with Crippen LogP contribution in [0.1, 0.15) is 17.3 Å². The molecule has 0 aliphatic heterocycles. The molecule has 2 aromatic rings. The number of nitrogens with zero attached hydrogens (tertiary/aromatic N) is 2. The largest absolute Gasteiger partial charge is 0.424 e. The van der Waals surface area contributed by atoms with E-state index in [1.165, 1.54) is 0 Å². The molecule has 0 saturated carbocycles. The quantitative estimate of drug-likeness (QED) is 0.858. The van der Waals surface area contributed by atoms with Crippen LogP contribution >= 0.6 is 23.2 Å². The second-order valence-electron chi connectivity index (χ2n) is 3.88. The van der Waals surface area contributed by atoms with Crippen molar-refractivity contribution in [1.82, 2.24) is 15.5 Å². The van der Waals surface area contributed by atoms with Crippen LogP contribution in [0.5, 0.6) is 0 Å². The third-order valence-corrected chi connectivity index (χ3v) is 3.02. The molecule has 18 heavy (non-hydrogen) atoms. The Labute approximate surface area is 115 Å². The zero-order chi connectivity index (χ0) is 13.0. The zero-order valence-electron chi connectivity index (χ0n) is 9.91. The summed E-state index contributed by atoms with van der Waals surface area (Å²) in [6, 6.07) is 5.52. The van der Waals surface area contributed by atoms with Gasteiger partial charge in [-0.15, -0.1) is 10.2 Å². The van der Waals surface area contributed by atoms with Crippen molar-refractivity contribution >= 4 is 23.2 Å². The van der Waals surface area contributed by atoms with Crippen molar-refractivity contribution in [1.29, 1.82) is 0 Å². The minimum atomic E-state index is 0.562. The summed E-state index contributed by atoms with van der Waals surface area (Å²) in [5.41, 5.74) is 1.07. The maximum atomic E-state index is 6.08. The lowest BCUT2D eigenvalue weighted by atomic mass is 10.1. The molecule has 6 heteroatoms. The first-order valence-electron chi connectivity index (χ1n) is 5.59. The van der Waals surface area contributed by atoms with Gasteiger partial charge in [-0.3, -0.25) is 0 Å². The number of benzene rings is 1. The average molecular weight is 286 g/mol. The Morgan fingerprint density at radius 1 is 1.28 bits per heavy atom. The Kier molecular flexibility index (Phi) is 4.58. The lowest BCUT2D eigenvalue weighted by Crippen LogP contribution is -2.17. The SMILES string of the molecule is Cc1nnc(CNCCc2ccc(Cl)cc2Cl)o1. The molecule has 1 aromatic heterocycles. The molecular weight excluding hydrogens is 273 g/mol. The van der Waals surface area contributed by atoms with E-state index < -0.39 is 0 Å². The monoisotopic (exact) mass is 285 g/mol. The lowest BCUT2D eigenvalue weighted by Gasteiger charge is -2.05. The van der Waals surface area contributed by atoms with Crippen LogP contribution in [-0.4, -0.2) is 16.7 Å². The van der Waals surface area contributed by atoms with Gasteiger partial charge < -0.3 is 9.73 Å². The summed E-state index contributed by atoms with van der Waals surface area (Å²) >= 11 is 11.9. The van der Waals surface area contributed by atoms with E-state index in [4.69, 9.17) is 27.6 Å². The van der Waals surface area contributed by atoms with E-state index in [2.05, 4.69) is 15.5 Å². The maximum Gasteiger partial charge on any atom is 0.230 e. The van der Waals surface area contributed by atoms with Gasteiger partial charge in [-0.1, -0.05) is 29.3 Å². The summed E-state index contributed by atoms with van der Waals surface area (Å²) in [5, 5.41) is 12.2. The number of aryl methyl sites for hydroxylation is 1. The Balaban J connectivity index is 1.78. The molecule has 0 fully saturated rings. The van der Waals surface area contributed by atoms with Gasteiger partial charge in [0.15, 0.2) is 0 Å². The summed E-state index contributed by atoms with van der Waals surface area (Å²) in [6.45, 7) is 3.11. The first-order valence-corrected chi connectivity index (χ1v) is 6.34. The topological polar surface area (TPSA) is 51.0 Å². The first-order chi connectivity index (χ1) is 8.65. The highest BCUT2D eigenvalue weighted by atomic mass is 35.5. The maximum absolute atomic E-state index is 6.08. The average Bonchev–Trinajstić information content (AvgIpc) is 2.73. The third-order valence-electron chi connectivity index (χ3n) is 2.43. The van der Waals surface area contributed by atoms with E-state index in [1.807, 2.05) is 12.1 Å². The predicted octanol–water partition coefficient (Wildman–Crippen LogP) is 3.02. The smallest absolute Gasteiger partial charge is 0.230 e. The van der Waals surface area contributed by atoms with Gasteiger partial charge in [0.25, 0.3) is 0 Å². The van der Waals surface area contributed by atoms with Crippen LogP contribution in [-0.2, 0) is 13.0 Å². The second kappa shape index (κ2) is 6.18. The van der Waals surface area contributed by atoms with Crippen LogP contribution < -0.4 is 5.32 Å². The number of rotatable bonds is 5. The normalized spacial score (nSPS) is 10.8. The van der Waals surface area contributed by atoms with Crippen molar-refractivity contribution in [2.24, 2.45) is 0 Å². The fourth-order valence-corrected chi connectivity index (χ4v) is 2.05. The minimum Gasteiger partial charge on any atom is -0.424 e. The van der Waals surface area contributed by atoms with Gasteiger partial charge in [-0.2, -0.15) is 0 Å². The molecule has 0 spiro atoms. The van der Waals surface area contributed by atoms with E-state index >= 15 is 0 Å². The Morgan fingerprint density at radius 2 is 2.11 bits per heavy atom. The van der Waals surface area contributed by atoms with Gasteiger partial charge in [0.05, 0.1) is 6.54 Å². The molecular formula is C12H13Cl2N3O. The van der Waals surface area contributed by atoms with Crippen LogP contribution in [0.15, 0.2) is 22.6 Å². The van der Waals surface area contributed by atoms with Gasteiger partial charge in [-0.05, 0) is 30.7 Å². The van der Waals surface area contributed by atoms with Crippen LogP contribution in [0, 0.1) is 6.92 Å². The zero-order valence-corrected chi connectivity index (χ0v) is 11.4. The molecule has 0 unspecified atom stereocenters. The first kappa shape index (κ1) is 13.3. The second-order valence-corrected chi connectivity index (χ2v) is 4.72. The summed E-state index contributed by atoms with van der Waals surface area (Å²) < 4.78 is 5.25. The van der Waals surface area contributed by atoms with Crippen molar-refractivity contribution in [3.63, 3.8) is 0 Å². The Bertz CT molecular complexity index is 528. The van der Waals surface area contributed by atoms with Gasteiger partial charge in [0.1, 0.15) is 0 Å². The molecule has 1 N–H and O–H groups in total. The predicted molar refractivity (Wildman–Crippen MR) is 70.9 cm³/mol. The molecule has 0 bridgehead atoms. The highest BCUT2D eigenvalue weighted by Gasteiger charge is 2.03. The summed E-state index contributed by atoms with van der Waals surface area (Å²) in [5.74, 6) is 1.17. The standard InChI is InChI=1S/C12H13Cl2N3O/c1-8-16-17-12(18-8)7-15-5-4-9-2-3-10(13)6-11(9)14/h2-3,6,15H,4-5,7H2,1H3. The number of halogens is 2. The Hall–Kier alpha value is -1.10. The molecule has 0 amide bonds. The van der Waals surface area contributed by atoms with Gasteiger partial charge in [0, 0.05) is 17.0 Å². The molecule has 1 aromatic carbocycles. The molecule has 4 nitrogen and oxygen atoms in total. The molecule has 2 rings (SSSR count). The van der Waals surface area contributed by atoms with E-state index in [0.29, 0.717) is 28.4 Å². The van der Waals surface area contributed by atoms with Gasteiger partial charge in [0.2, 0.25) is 11.8 Å². The molecule has 0 aliphatic rings. The fraction of sp³-hybridized carbons (Fsp3) is 0.333. The summed E-state index contributed by atoms with van der Waals surface area (Å²) in [6.07, 6.45) is 0.823. The van der Waals surface area contributed by atoms with Gasteiger partial charge in [-0.25, -0.2) is 0 Å². The van der Waals surface area contributed by atoms with E-state index in [-0.39, 0.29) is 0 Å². The van der Waals surface area contributed by atoms with Crippen molar-refractivity contribution in [3.8, 4) is 0 Å². The minimum absolute atomic E-state index is 0.562. The van der Waals surface area contributed by atoms with Crippen molar-refractivity contribution in [2.45, 2.75) is 19.9 Å². The molecule has 0 radical (unpaired) electrons. The third kappa shape index (κ3) is 3.70. The number of hydrogen-bond acceptors (Lipinski definition) is 4. The van der Waals surface area contributed by atoms with Crippen LogP contribution in [0.3, 0.4) is 0 Å². The number of nitrogens with one attached hydrogen (secondary N) is 1. The van der Waals surface area contributed by atoms with E-state index in [1.54, 1.807) is 13.0 Å². The number of hydrogen-bond donors (Lipinski definition) is 1. The molecule has 0 atom stereocenters. The Morgan fingerprint density at radius 3 is 2.78 bits per heavy atom. The lowest BCUT2D eigenvalue weighted by molar-refractivity contribution is 0.448. The summed E-state index contributed by atoms with van der Waals surface area (Å²) in [7, 11) is 0. The fourth-order valence-electron chi connectivity index (χ4n) is 1.55. The summed E-state index contributed by atoms with van der Waals surface area (Å²) in [4.78, 5) is 0. The van der Waals surface area contributed by atoms with E-state index in [9.17, 15) is 0 Å². The van der Waals surface area contributed by atoms with Crippen molar-refractivity contribution in [2.75, 3.05) is 6.54 Å². The van der Waals surface area contributed by atoms with Crippen molar-refractivity contribution in [3.05, 3.63) is 45.6 Å².